The summed E-state index contributed by atoms with van der Waals surface area (Å²) in [5, 5.41) is 9.23. The largest absolute Gasteiger partial charge is 0.360 e. The molecule has 0 bridgehead atoms. The summed E-state index contributed by atoms with van der Waals surface area (Å²) in [7, 11) is 0. The van der Waals surface area contributed by atoms with Crippen LogP contribution >= 0.6 is 15.9 Å². The number of carbonyl (C=O) groups is 2. The number of anilines is 1. The Bertz CT molecular complexity index is 712. The normalized spacial score (nSPS) is 13.2. The van der Waals surface area contributed by atoms with E-state index in [1.165, 1.54) is 0 Å². The Kier molecular flexibility index (Phi) is 6.14. The van der Waals surface area contributed by atoms with Crippen molar-refractivity contribution in [3.8, 4) is 0 Å². The molecule has 2 rings (SSSR count). The maximum absolute atomic E-state index is 12.5. The fraction of sp³-hybridized carbons (Fsp3) is 0.353. The van der Waals surface area contributed by atoms with E-state index in [1.807, 2.05) is 13.8 Å². The average molecular weight is 394 g/mol. The van der Waals surface area contributed by atoms with Gasteiger partial charge in [-0.3, -0.25) is 9.59 Å². The molecule has 0 aliphatic heterocycles. The van der Waals surface area contributed by atoms with E-state index in [0.29, 0.717) is 17.1 Å². The van der Waals surface area contributed by atoms with Gasteiger partial charge in [-0.1, -0.05) is 41.4 Å². The number of aromatic nitrogens is 1. The third-order valence-electron chi connectivity index (χ3n) is 3.77. The molecule has 0 radical (unpaired) electrons. The Balaban J connectivity index is 2.11. The van der Waals surface area contributed by atoms with Crippen LogP contribution in [0.5, 0.6) is 0 Å². The zero-order chi connectivity index (χ0) is 17.7. The van der Waals surface area contributed by atoms with E-state index in [9.17, 15) is 9.59 Å². The topological polar surface area (TPSA) is 84.2 Å². The van der Waals surface area contributed by atoms with Gasteiger partial charge in [-0.25, -0.2) is 0 Å². The molecule has 6 nitrogen and oxygen atoms in total. The van der Waals surface area contributed by atoms with Crippen LogP contribution in [0.2, 0.25) is 0 Å². The first-order chi connectivity index (χ1) is 11.4. The van der Waals surface area contributed by atoms with Gasteiger partial charge < -0.3 is 15.2 Å². The highest BCUT2D eigenvalue weighted by molar-refractivity contribution is 9.10. The zero-order valence-electron chi connectivity index (χ0n) is 13.8. The van der Waals surface area contributed by atoms with Crippen LogP contribution in [0, 0.1) is 12.8 Å². The molecule has 128 valence electrons. The van der Waals surface area contributed by atoms with Gasteiger partial charge in [0.25, 0.3) is 5.91 Å². The molecule has 1 heterocycles. The Labute approximate surface area is 149 Å². The number of amides is 2. The minimum atomic E-state index is -0.664. The van der Waals surface area contributed by atoms with E-state index in [1.54, 1.807) is 37.3 Å². The monoisotopic (exact) mass is 393 g/mol. The Morgan fingerprint density at radius 3 is 2.50 bits per heavy atom. The molecule has 2 aromatic rings. The summed E-state index contributed by atoms with van der Waals surface area (Å²) >= 11 is 3.33. The number of nitrogens with zero attached hydrogens (tertiary/aromatic N) is 1. The van der Waals surface area contributed by atoms with Gasteiger partial charge >= 0.3 is 0 Å². The van der Waals surface area contributed by atoms with Crippen molar-refractivity contribution in [3.63, 3.8) is 0 Å². The third-order valence-corrected chi connectivity index (χ3v) is 4.30. The molecule has 2 atom stereocenters. The Hall–Kier alpha value is -2.15. The van der Waals surface area contributed by atoms with Gasteiger partial charge in [-0.2, -0.15) is 0 Å². The van der Waals surface area contributed by atoms with Crippen molar-refractivity contribution in [2.45, 2.75) is 33.2 Å². The van der Waals surface area contributed by atoms with Gasteiger partial charge in [0.1, 0.15) is 11.8 Å². The summed E-state index contributed by atoms with van der Waals surface area (Å²) in [5.41, 5.74) is 0.497. The first-order valence-electron chi connectivity index (χ1n) is 7.71. The fourth-order valence-electron chi connectivity index (χ4n) is 2.16. The number of benzene rings is 1. The van der Waals surface area contributed by atoms with E-state index in [0.717, 1.165) is 10.9 Å². The molecule has 2 amide bonds. The lowest BCUT2D eigenvalue weighted by Crippen LogP contribution is -2.47. The van der Waals surface area contributed by atoms with E-state index in [2.05, 4.69) is 31.7 Å². The Morgan fingerprint density at radius 2 is 1.96 bits per heavy atom. The standard InChI is InChI=1S/C17H20BrN3O3/c1-4-10(2)15(17(23)19-14-9-11(3)24-21-14)20-16(22)12-5-7-13(18)8-6-12/h5-10,15H,4H2,1-3H3,(H,20,22)(H,19,21,23)/t10?,15-/m0/s1. The van der Waals surface area contributed by atoms with Crippen molar-refractivity contribution in [2.75, 3.05) is 5.32 Å². The SMILES string of the molecule is CCC(C)[C@H](NC(=O)c1ccc(Br)cc1)C(=O)Nc1cc(C)on1. The van der Waals surface area contributed by atoms with Crippen LogP contribution in [0.4, 0.5) is 5.82 Å². The minimum absolute atomic E-state index is 0.0302. The number of aryl methyl sites for hydroxylation is 1. The Morgan fingerprint density at radius 1 is 1.29 bits per heavy atom. The molecule has 0 aliphatic carbocycles. The molecule has 24 heavy (non-hydrogen) atoms. The molecule has 0 fully saturated rings. The smallest absolute Gasteiger partial charge is 0.251 e. The van der Waals surface area contributed by atoms with Crippen molar-refractivity contribution in [1.82, 2.24) is 10.5 Å². The van der Waals surface area contributed by atoms with Crippen molar-refractivity contribution < 1.29 is 14.1 Å². The lowest BCUT2D eigenvalue weighted by molar-refractivity contribution is -0.119. The van der Waals surface area contributed by atoms with Crippen molar-refractivity contribution in [3.05, 3.63) is 46.1 Å². The van der Waals surface area contributed by atoms with Crippen LogP contribution < -0.4 is 10.6 Å². The maximum atomic E-state index is 12.5. The van der Waals surface area contributed by atoms with Crippen LogP contribution in [0.1, 0.15) is 36.4 Å². The molecular weight excluding hydrogens is 374 g/mol. The highest BCUT2D eigenvalue weighted by Gasteiger charge is 2.27. The molecule has 0 spiro atoms. The number of carbonyl (C=O) groups excluding carboxylic acids is 2. The van der Waals surface area contributed by atoms with E-state index >= 15 is 0 Å². The van der Waals surface area contributed by atoms with Gasteiger partial charge in [-0.05, 0) is 37.1 Å². The van der Waals surface area contributed by atoms with Gasteiger partial charge in [0.15, 0.2) is 5.82 Å². The minimum Gasteiger partial charge on any atom is -0.360 e. The molecule has 1 aromatic carbocycles. The highest BCUT2D eigenvalue weighted by atomic mass is 79.9. The van der Waals surface area contributed by atoms with Crippen LogP contribution in [-0.4, -0.2) is 23.0 Å². The predicted molar refractivity (Wildman–Crippen MR) is 94.7 cm³/mol. The van der Waals surface area contributed by atoms with Gasteiger partial charge in [0.2, 0.25) is 5.91 Å². The first-order valence-corrected chi connectivity index (χ1v) is 8.50. The summed E-state index contributed by atoms with van der Waals surface area (Å²) in [6.07, 6.45) is 0.747. The second-order valence-corrected chi connectivity index (χ2v) is 6.57. The van der Waals surface area contributed by atoms with E-state index in [4.69, 9.17) is 4.52 Å². The lowest BCUT2D eigenvalue weighted by Gasteiger charge is -2.23. The number of halogens is 1. The molecule has 0 aliphatic rings. The number of nitrogens with one attached hydrogen (secondary N) is 2. The van der Waals surface area contributed by atoms with Crippen LogP contribution in [0.25, 0.3) is 0 Å². The van der Waals surface area contributed by atoms with E-state index in [-0.39, 0.29) is 17.7 Å². The molecular formula is C17H20BrN3O3. The summed E-state index contributed by atoms with van der Waals surface area (Å²) < 4.78 is 5.82. The molecule has 0 saturated heterocycles. The molecule has 2 N–H and O–H groups in total. The van der Waals surface area contributed by atoms with Crippen LogP contribution in [0.3, 0.4) is 0 Å². The van der Waals surface area contributed by atoms with Crippen molar-refractivity contribution >= 4 is 33.6 Å². The predicted octanol–water partition coefficient (Wildman–Crippen LogP) is 3.53. The van der Waals surface area contributed by atoms with Gasteiger partial charge in [0, 0.05) is 16.1 Å². The number of rotatable bonds is 6. The van der Waals surface area contributed by atoms with Crippen molar-refractivity contribution in [2.24, 2.45) is 5.92 Å². The van der Waals surface area contributed by atoms with Gasteiger partial charge in [0.05, 0.1) is 0 Å². The third kappa shape index (κ3) is 4.67. The molecule has 7 heteroatoms. The second-order valence-electron chi connectivity index (χ2n) is 5.66. The average Bonchev–Trinajstić information content (AvgIpc) is 2.97. The molecule has 0 saturated carbocycles. The summed E-state index contributed by atoms with van der Waals surface area (Å²) in [6.45, 7) is 5.63. The number of hydrogen-bond acceptors (Lipinski definition) is 4. The van der Waals surface area contributed by atoms with Crippen LogP contribution in [0.15, 0.2) is 39.3 Å². The summed E-state index contributed by atoms with van der Waals surface area (Å²) in [4.78, 5) is 24.9. The van der Waals surface area contributed by atoms with Gasteiger partial charge in [-0.15, -0.1) is 0 Å². The quantitative estimate of drug-likeness (QED) is 0.785. The summed E-state index contributed by atoms with van der Waals surface area (Å²) in [5.74, 6) is 0.299. The molecule has 1 aromatic heterocycles. The maximum Gasteiger partial charge on any atom is 0.251 e. The summed E-state index contributed by atoms with van der Waals surface area (Å²) in [6, 6.07) is 7.93. The highest BCUT2D eigenvalue weighted by Crippen LogP contribution is 2.15. The lowest BCUT2D eigenvalue weighted by atomic mass is 9.98. The molecule has 1 unspecified atom stereocenters. The first kappa shape index (κ1) is 18.2. The number of hydrogen-bond donors (Lipinski definition) is 2. The van der Waals surface area contributed by atoms with Crippen molar-refractivity contribution in [1.29, 1.82) is 0 Å². The van der Waals surface area contributed by atoms with E-state index < -0.39 is 6.04 Å². The fourth-order valence-corrected chi connectivity index (χ4v) is 2.42. The zero-order valence-corrected chi connectivity index (χ0v) is 15.4. The van der Waals surface area contributed by atoms with Crippen LogP contribution in [-0.2, 0) is 4.79 Å². The second kappa shape index (κ2) is 8.10.